The summed E-state index contributed by atoms with van der Waals surface area (Å²) in [5.41, 5.74) is 3.13. The van der Waals surface area contributed by atoms with E-state index in [1.165, 1.54) is 5.19 Å². The third-order valence-corrected chi connectivity index (χ3v) is 4.41. The fourth-order valence-corrected chi connectivity index (χ4v) is 2.53. The summed E-state index contributed by atoms with van der Waals surface area (Å²) < 4.78 is 0. The Balaban J connectivity index is 2.77. The largest absolute Gasteiger partial charge is 0.294 e. The van der Waals surface area contributed by atoms with Gasteiger partial charge in [0, 0.05) is 0 Å². The molecule has 0 unspecified atom stereocenters. The van der Waals surface area contributed by atoms with Gasteiger partial charge in [-0.25, -0.2) is 5.84 Å². The summed E-state index contributed by atoms with van der Waals surface area (Å²) in [6.07, 6.45) is 0.350. The number of amides is 1. The van der Waals surface area contributed by atoms with Crippen molar-refractivity contribution in [2.24, 2.45) is 5.84 Å². The first-order chi connectivity index (χ1) is 6.93. The Hall–Kier alpha value is -1.13. The number of nitrogens with one attached hydrogen (secondary N) is 1. The molecule has 82 valence electrons. The molecule has 0 saturated heterocycles. The van der Waals surface area contributed by atoms with Crippen molar-refractivity contribution >= 4 is 19.2 Å². The van der Waals surface area contributed by atoms with Gasteiger partial charge in [-0.15, -0.1) is 0 Å². The van der Waals surface area contributed by atoms with Crippen molar-refractivity contribution < 1.29 is 4.79 Å². The van der Waals surface area contributed by atoms with Crippen LogP contribution in [0, 0.1) is 0 Å². The minimum Gasteiger partial charge on any atom is -0.294 e. The van der Waals surface area contributed by atoms with E-state index in [-0.39, 0.29) is 5.91 Å². The van der Waals surface area contributed by atoms with Gasteiger partial charge >= 0.3 is 0 Å². The first-order valence-corrected chi connectivity index (χ1v) is 8.52. The van der Waals surface area contributed by atoms with Gasteiger partial charge in [-0.3, -0.25) is 10.2 Å². The molecule has 1 aromatic carbocycles. The van der Waals surface area contributed by atoms with Crippen LogP contribution in [0.3, 0.4) is 0 Å². The molecular formula is C11H18N2OSi. The van der Waals surface area contributed by atoms with Crippen LogP contribution in [0.15, 0.2) is 24.3 Å². The molecule has 1 rings (SSSR count). The molecule has 0 aliphatic carbocycles. The van der Waals surface area contributed by atoms with Crippen molar-refractivity contribution in [1.29, 1.82) is 0 Å². The summed E-state index contributed by atoms with van der Waals surface area (Å²) in [6.45, 7) is 6.90. The highest BCUT2D eigenvalue weighted by molar-refractivity contribution is 6.88. The van der Waals surface area contributed by atoms with E-state index in [2.05, 4.69) is 37.2 Å². The Kier molecular flexibility index (Phi) is 3.65. The van der Waals surface area contributed by atoms with Crippen molar-refractivity contribution in [2.45, 2.75) is 26.1 Å². The van der Waals surface area contributed by atoms with E-state index in [0.717, 1.165) is 5.56 Å². The lowest BCUT2D eigenvalue weighted by Crippen LogP contribution is -2.37. The Morgan fingerprint density at radius 3 is 2.20 bits per heavy atom. The number of hydrogen-bond donors (Lipinski definition) is 2. The molecule has 15 heavy (non-hydrogen) atoms. The van der Waals surface area contributed by atoms with E-state index in [4.69, 9.17) is 5.84 Å². The molecule has 0 aliphatic rings. The average molecular weight is 222 g/mol. The number of hydrogen-bond acceptors (Lipinski definition) is 2. The van der Waals surface area contributed by atoms with Gasteiger partial charge in [0.15, 0.2) is 0 Å². The van der Waals surface area contributed by atoms with Gasteiger partial charge < -0.3 is 0 Å². The molecule has 0 spiro atoms. The minimum atomic E-state index is -1.23. The summed E-state index contributed by atoms with van der Waals surface area (Å²) in [7, 11) is -1.23. The normalized spacial score (nSPS) is 11.2. The molecule has 0 fully saturated rings. The molecule has 0 radical (unpaired) electrons. The molecule has 3 N–H and O–H groups in total. The van der Waals surface area contributed by atoms with Gasteiger partial charge in [0.05, 0.1) is 14.5 Å². The molecule has 0 saturated carbocycles. The zero-order valence-electron chi connectivity index (χ0n) is 9.50. The zero-order chi connectivity index (χ0) is 11.5. The minimum absolute atomic E-state index is 0.157. The summed E-state index contributed by atoms with van der Waals surface area (Å²) in [5, 5.41) is 1.40. The molecule has 1 amide bonds. The topological polar surface area (TPSA) is 55.1 Å². The number of hydrazine groups is 1. The predicted molar refractivity (Wildman–Crippen MR) is 65.5 cm³/mol. The van der Waals surface area contributed by atoms with E-state index in [9.17, 15) is 4.79 Å². The third-order valence-electron chi connectivity index (χ3n) is 2.35. The highest BCUT2D eigenvalue weighted by Crippen LogP contribution is 2.05. The van der Waals surface area contributed by atoms with Crippen molar-refractivity contribution in [3.05, 3.63) is 29.8 Å². The Labute approximate surface area is 91.7 Å². The van der Waals surface area contributed by atoms with Crippen molar-refractivity contribution in [1.82, 2.24) is 5.43 Å². The highest BCUT2D eigenvalue weighted by atomic mass is 28.3. The van der Waals surface area contributed by atoms with Gasteiger partial charge in [0.2, 0.25) is 5.91 Å². The molecule has 4 heteroatoms. The average Bonchev–Trinajstić information content (AvgIpc) is 2.17. The maximum Gasteiger partial charge on any atom is 0.238 e. The van der Waals surface area contributed by atoms with Crippen molar-refractivity contribution in [3.8, 4) is 0 Å². The maximum absolute atomic E-state index is 11.0. The summed E-state index contributed by atoms with van der Waals surface area (Å²) in [4.78, 5) is 11.0. The van der Waals surface area contributed by atoms with Crippen LogP contribution in [0.4, 0.5) is 0 Å². The van der Waals surface area contributed by atoms with Gasteiger partial charge in [-0.05, 0) is 5.56 Å². The Morgan fingerprint density at radius 1 is 1.27 bits per heavy atom. The highest BCUT2D eigenvalue weighted by Gasteiger charge is 2.15. The molecule has 0 aromatic heterocycles. The molecule has 0 bridgehead atoms. The number of rotatable bonds is 3. The molecule has 3 nitrogen and oxygen atoms in total. The smallest absolute Gasteiger partial charge is 0.238 e. The maximum atomic E-state index is 11.0. The SMILES string of the molecule is C[Si](C)(C)c1ccc(CC(=O)NN)cc1. The number of carbonyl (C=O) groups excluding carboxylic acids is 1. The molecule has 0 aliphatic heterocycles. The first kappa shape index (κ1) is 11.9. The quantitative estimate of drug-likeness (QED) is 0.343. The van der Waals surface area contributed by atoms with Crippen LogP contribution in [0.5, 0.6) is 0 Å². The molecule has 1 aromatic rings. The van der Waals surface area contributed by atoms with Crippen molar-refractivity contribution in [2.75, 3.05) is 0 Å². The van der Waals surface area contributed by atoms with Crippen LogP contribution < -0.4 is 16.5 Å². The third kappa shape index (κ3) is 3.49. The zero-order valence-corrected chi connectivity index (χ0v) is 10.5. The number of nitrogens with two attached hydrogens (primary N) is 1. The summed E-state index contributed by atoms with van der Waals surface area (Å²) in [5.74, 6) is 4.87. The lowest BCUT2D eigenvalue weighted by atomic mass is 10.1. The van der Waals surface area contributed by atoms with Crippen LogP contribution in [-0.4, -0.2) is 14.0 Å². The summed E-state index contributed by atoms with van der Waals surface area (Å²) >= 11 is 0. The lowest BCUT2D eigenvalue weighted by molar-refractivity contribution is -0.120. The second-order valence-corrected chi connectivity index (χ2v) is 9.77. The van der Waals surface area contributed by atoms with E-state index in [1.807, 2.05) is 12.1 Å². The first-order valence-electron chi connectivity index (χ1n) is 5.02. The predicted octanol–water partition coefficient (Wildman–Crippen LogP) is 0.764. The second-order valence-electron chi connectivity index (χ2n) is 4.69. The standard InChI is InChI=1S/C11H18N2OSi/c1-15(2,3)10-6-4-9(5-7-10)8-11(14)13-12/h4-7H,8,12H2,1-3H3,(H,13,14). The van der Waals surface area contributed by atoms with E-state index in [1.54, 1.807) is 0 Å². The van der Waals surface area contributed by atoms with E-state index in [0.29, 0.717) is 6.42 Å². The van der Waals surface area contributed by atoms with Crippen LogP contribution in [0.25, 0.3) is 0 Å². The molecule has 0 atom stereocenters. The van der Waals surface area contributed by atoms with Gasteiger partial charge in [-0.1, -0.05) is 49.1 Å². The molecule has 0 heterocycles. The monoisotopic (exact) mass is 222 g/mol. The number of benzene rings is 1. The van der Waals surface area contributed by atoms with E-state index >= 15 is 0 Å². The van der Waals surface area contributed by atoms with Gasteiger partial charge in [0.1, 0.15) is 0 Å². The van der Waals surface area contributed by atoms with Crippen LogP contribution >= 0.6 is 0 Å². The van der Waals surface area contributed by atoms with Crippen LogP contribution in [0.2, 0.25) is 19.6 Å². The lowest BCUT2D eigenvalue weighted by Gasteiger charge is -2.16. The fraction of sp³-hybridized carbons (Fsp3) is 0.364. The second kappa shape index (κ2) is 4.59. The van der Waals surface area contributed by atoms with Crippen LogP contribution in [-0.2, 0) is 11.2 Å². The summed E-state index contributed by atoms with van der Waals surface area (Å²) in [6, 6.07) is 8.24. The van der Waals surface area contributed by atoms with E-state index < -0.39 is 8.07 Å². The molecular weight excluding hydrogens is 204 g/mol. The van der Waals surface area contributed by atoms with Gasteiger partial charge in [0.25, 0.3) is 0 Å². The Bertz CT molecular complexity index is 341. The Morgan fingerprint density at radius 2 is 1.80 bits per heavy atom. The fourth-order valence-electron chi connectivity index (χ4n) is 1.36. The van der Waals surface area contributed by atoms with Crippen LogP contribution in [0.1, 0.15) is 5.56 Å². The van der Waals surface area contributed by atoms with Gasteiger partial charge in [-0.2, -0.15) is 0 Å². The number of carbonyl (C=O) groups is 1. The van der Waals surface area contributed by atoms with Crippen molar-refractivity contribution in [3.63, 3.8) is 0 Å².